The minimum atomic E-state index is -1.07. The van der Waals surface area contributed by atoms with E-state index in [2.05, 4.69) is 17.0 Å². The molecule has 0 N–H and O–H groups in total. The number of benzene rings is 2. The van der Waals surface area contributed by atoms with Gasteiger partial charge in [0.2, 0.25) is 0 Å². The lowest BCUT2D eigenvalue weighted by Gasteiger charge is -2.30. The Hall–Kier alpha value is -1.45. The molecule has 0 saturated carbocycles. The molecule has 2 nitrogen and oxygen atoms in total. The lowest BCUT2D eigenvalue weighted by Crippen LogP contribution is -2.22. The molecule has 1 aliphatic heterocycles. The highest BCUT2D eigenvalue weighted by Crippen LogP contribution is 2.43. The highest BCUT2D eigenvalue weighted by Gasteiger charge is 2.31. The van der Waals surface area contributed by atoms with E-state index in [0.29, 0.717) is 0 Å². The van der Waals surface area contributed by atoms with Crippen LogP contribution in [0.5, 0.6) is 0 Å². The Balaban J connectivity index is 2.25. The summed E-state index contributed by atoms with van der Waals surface area (Å²) >= 11 is -1.07. The molecule has 1 heterocycles. The zero-order valence-corrected chi connectivity index (χ0v) is 11.5. The first-order chi connectivity index (χ1) is 8.58. The first-order valence-corrected chi connectivity index (χ1v) is 7.10. The average Bonchev–Trinajstić information content (AvgIpc) is 2.35. The highest BCUT2D eigenvalue weighted by molar-refractivity contribution is 7.92. The van der Waals surface area contributed by atoms with Gasteiger partial charge in [-0.05, 0) is 49.2 Å². The van der Waals surface area contributed by atoms with E-state index in [0.717, 1.165) is 32.3 Å². The molecule has 3 heteroatoms. The van der Waals surface area contributed by atoms with Gasteiger partial charge in [0.25, 0.3) is 0 Å². The van der Waals surface area contributed by atoms with Crippen LogP contribution in [0, 0.1) is 13.8 Å². The van der Waals surface area contributed by atoms with Gasteiger partial charge in [-0.25, -0.2) is 0 Å². The number of fused-ring (bicyclic) bond motifs is 2. The van der Waals surface area contributed by atoms with Gasteiger partial charge in [0.05, 0.1) is 11.4 Å². The average molecular weight is 257 g/mol. The zero-order chi connectivity index (χ0) is 12.9. The smallest absolute Gasteiger partial charge is 0.182 e. The van der Waals surface area contributed by atoms with Crippen molar-refractivity contribution in [3.63, 3.8) is 0 Å². The minimum absolute atomic E-state index is 0.913. The quantitative estimate of drug-likeness (QED) is 0.675. The Labute approximate surface area is 110 Å². The lowest BCUT2D eigenvalue weighted by atomic mass is 10.1. The van der Waals surface area contributed by atoms with Crippen LogP contribution in [-0.2, 0) is 11.2 Å². The molecular formula is C15H15NOS. The van der Waals surface area contributed by atoms with Crippen molar-refractivity contribution in [3.8, 4) is 0 Å². The summed E-state index contributed by atoms with van der Waals surface area (Å²) in [6, 6.07) is 12.3. The molecule has 2 aromatic carbocycles. The van der Waals surface area contributed by atoms with Crippen molar-refractivity contribution >= 4 is 22.6 Å². The molecule has 1 aliphatic rings. The van der Waals surface area contributed by atoms with Crippen molar-refractivity contribution in [1.29, 1.82) is 0 Å². The fourth-order valence-corrected chi connectivity index (χ4v) is 3.95. The van der Waals surface area contributed by atoms with E-state index in [4.69, 9.17) is 0 Å². The van der Waals surface area contributed by atoms with Gasteiger partial charge in [-0.1, -0.05) is 12.1 Å². The Kier molecular flexibility index (Phi) is 2.61. The number of hydrogen-bond donors (Lipinski definition) is 0. The van der Waals surface area contributed by atoms with E-state index in [1.165, 1.54) is 0 Å². The maximum absolute atomic E-state index is 12.6. The molecule has 0 aliphatic carbocycles. The van der Waals surface area contributed by atoms with Crippen LogP contribution in [0.2, 0.25) is 0 Å². The fourth-order valence-electron chi connectivity index (χ4n) is 2.34. The van der Waals surface area contributed by atoms with Gasteiger partial charge in [0.1, 0.15) is 0 Å². The van der Waals surface area contributed by atoms with Gasteiger partial charge in [-0.3, -0.25) is 0 Å². The number of rotatable bonds is 0. The second kappa shape index (κ2) is 4.04. The van der Waals surface area contributed by atoms with E-state index >= 15 is 0 Å². The highest BCUT2D eigenvalue weighted by atomic mass is 32.2. The second-order valence-electron chi connectivity index (χ2n) is 4.77. The molecule has 18 heavy (non-hydrogen) atoms. The maximum atomic E-state index is 12.6. The summed E-state index contributed by atoms with van der Waals surface area (Å²) in [6.07, 6.45) is 0. The fraction of sp³-hybridized carbons (Fsp3) is 0.200. The standard InChI is InChI=1S/C15H15NOS/c1-10-4-6-12-14(8-10)18(17)15-9-11(2)5-7-13(15)16(12)3/h4-9H,1-3H3. The summed E-state index contributed by atoms with van der Waals surface area (Å²) in [5, 5.41) is 0. The lowest BCUT2D eigenvalue weighted by molar-refractivity contribution is 0.593. The molecule has 0 fully saturated rings. The summed E-state index contributed by atoms with van der Waals surface area (Å²) in [5.74, 6) is 0. The first kappa shape index (κ1) is 11.6. The van der Waals surface area contributed by atoms with Crippen LogP contribution in [-0.4, -0.2) is 11.6 Å². The Morgan fingerprint density at radius 3 is 1.78 bits per heavy atom. The van der Waals surface area contributed by atoms with Crippen LogP contribution in [0.3, 0.4) is 0 Å². The first-order valence-electron chi connectivity index (χ1n) is 5.95. The summed E-state index contributed by atoms with van der Waals surface area (Å²) in [4.78, 5) is 3.94. The number of anilines is 2. The van der Waals surface area contributed by atoms with Crippen molar-refractivity contribution in [3.05, 3.63) is 47.5 Å². The summed E-state index contributed by atoms with van der Waals surface area (Å²) < 4.78 is 12.6. The number of nitrogens with zero attached hydrogens (tertiary/aromatic N) is 1. The van der Waals surface area contributed by atoms with Crippen LogP contribution >= 0.6 is 0 Å². The van der Waals surface area contributed by atoms with E-state index in [1.807, 2.05) is 45.2 Å². The van der Waals surface area contributed by atoms with Gasteiger partial charge in [-0.15, -0.1) is 0 Å². The van der Waals surface area contributed by atoms with Crippen molar-refractivity contribution in [2.45, 2.75) is 23.6 Å². The monoisotopic (exact) mass is 257 g/mol. The van der Waals surface area contributed by atoms with Crippen molar-refractivity contribution < 1.29 is 4.55 Å². The van der Waals surface area contributed by atoms with Gasteiger partial charge in [0, 0.05) is 18.2 Å². The molecular weight excluding hydrogens is 242 g/mol. The molecule has 3 rings (SSSR count). The van der Waals surface area contributed by atoms with Crippen LogP contribution in [0.25, 0.3) is 0 Å². The van der Waals surface area contributed by atoms with E-state index in [9.17, 15) is 4.55 Å². The Morgan fingerprint density at radius 2 is 1.33 bits per heavy atom. The largest absolute Gasteiger partial charge is 0.606 e. The third-order valence-electron chi connectivity index (χ3n) is 3.35. The van der Waals surface area contributed by atoms with Crippen LogP contribution in [0.1, 0.15) is 11.1 Å². The third kappa shape index (κ3) is 1.62. The SMILES string of the molecule is Cc1ccc2c(c1)[S+]([O-])c1cc(C)ccc1N2C. The summed E-state index contributed by atoms with van der Waals surface area (Å²) in [7, 11) is 2.03. The maximum Gasteiger partial charge on any atom is 0.182 e. The predicted molar refractivity (Wildman–Crippen MR) is 75.1 cm³/mol. The van der Waals surface area contributed by atoms with E-state index in [-0.39, 0.29) is 0 Å². The van der Waals surface area contributed by atoms with Gasteiger partial charge in [-0.2, -0.15) is 0 Å². The van der Waals surface area contributed by atoms with Gasteiger partial charge >= 0.3 is 0 Å². The minimum Gasteiger partial charge on any atom is -0.606 e. The van der Waals surface area contributed by atoms with Crippen molar-refractivity contribution in [1.82, 2.24) is 0 Å². The molecule has 2 aromatic rings. The Bertz CT molecular complexity index is 570. The predicted octanol–water partition coefficient (Wildman–Crippen LogP) is 3.55. The molecule has 0 spiro atoms. The molecule has 0 aromatic heterocycles. The van der Waals surface area contributed by atoms with Crippen LogP contribution in [0.15, 0.2) is 46.2 Å². The number of aryl methyl sites for hydroxylation is 2. The molecule has 0 amide bonds. The van der Waals surface area contributed by atoms with Gasteiger partial charge < -0.3 is 9.45 Å². The van der Waals surface area contributed by atoms with Crippen molar-refractivity contribution in [2.24, 2.45) is 0 Å². The number of hydrogen-bond acceptors (Lipinski definition) is 2. The summed E-state index contributed by atoms with van der Waals surface area (Å²) in [6.45, 7) is 4.06. The topological polar surface area (TPSA) is 26.3 Å². The molecule has 0 saturated heterocycles. The normalized spacial score (nSPS) is 14.3. The van der Waals surface area contributed by atoms with E-state index < -0.39 is 11.2 Å². The summed E-state index contributed by atoms with van der Waals surface area (Å²) in [5.41, 5.74) is 4.36. The van der Waals surface area contributed by atoms with Gasteiger partial charge in [0.15, 0.2) is 9.79 Å². The molecule has 0 radical (unpaired) electrons. The Morgan fingerprint density at radius 1 is 0.889 bits per heavy atom. The molecule has 0 unspecified atom stereocenters. The van der Waals surface area contributed by atoms with Crippen LogP contribution < -0.4 is 4.90 Å². The second-order valence-corrected chi connectivity index (χ2v) is 6.19. The molecule has 92 valence electrons. The van der Waals surface area contributed by atoms with Crippen molar-refractivity contribution in [2.75, 3.05) is 11.9 Å². The third-order valence-corrected chi connectivity index (χ3v) is 4.81. The molecule has 0 atom stereocenters. The van der Waals surface area contributed by atoms with Crippen LogP contribution in [0.4, 0.5) is 11.4 Å². The zero-order valence-electron chi connectivity index (χ0n) is 10.7. The van der Waals surface area contributed by atoms with E-state index in [1.54, 1.807) is 0 Å². The molecule has 0 bridgehead atoms.